The number of hydrogen-bond donors (Lipinski definition) is 11. The maximum atomic E-state index is 12.7. The first-order chi connectivity index (χ1) is 19.6. The van der Waals surface area contributed by atoms with Crippen LogP contribution in [-0.2, 0) is 43.2 Å². The molecule has 0 aromatic heterocycles. The molecule has 0 aromatic rings. The molecule has 0 fully saturated rings. The summed E-state index contributed by atoms with van der Waals surface area (Å²) in [5, 5.41) is 29.0. The van der Waals surface area contributed by atoms with Crippen molar-refractivity contribution in [3.05, 3.63) is 0 Å². The summed E-state index contributed by atoms with van der Waals surface area (Å²) in [6.07, 6.45) is -2.07. The summed E-state index contributed by atoms with van der Waals surface area (Å²) in [6.45, 7) is -2.09. The maximum absolute atomic E-state index is 12.7. The van der Waals surface area contributed by atoms with Crippen LogP contribution in [0.2, 0.25) is 0 Å². The molecule has 8 amide bonds. The van der Waals surface area contributed by atoms with Crippen LogP contribution in [-0.4, -0.2) is 107 Å². The quantitative estimate of drug-likeness (QED) is 0.0583. The van der Waals surface area contributed by atoms with Crippen molar-refractivity contribution in [2.24, 2.45) is 22.9 Å². The van der Waals surface area contributed by atoms with E-state index < -0.39 is 97.1 Å². The van der Waals surface area contributed by atoms with E-state index in [1.54, 1.807) is 0 Å². The summed E-state index contributed by atoms with van der Waals surface area (Å²) in [5.74, 6) is -8.61. The van der Waals surface area contributed by atoms with Crippen molar-refractivity contribution in [3.63, 3.8) is 0 Å². The van der Waals surface area contributed by atoms with Crippen LogP contribution < -0.4 is 49.5 Å². The van der Waals surface area contributed by atoms with Crippen molar-refractivity contribution in [3.8, 4) is 0 Å². The predicted molar refractivity (Wildman–Crippen MR) is 140 cm³/mol. The second-order valence-corrected chi connectivity index (χ2v) is 8.88. The third-order valence-electron chi connectivity index (χ3n) is 5.34. The minimum absolute atomic E-state index is 0.288. The first-order valence-corrected chi connectivity index (χ1v) is 12.5. The average Bonchev–Trinajstić information content (AvgIpc) is 2.91. The van der Waals surface area contributed by atoms with E-state index in [0.717, 1.165) is 0 Å². The molecule has 0 saturated carbocycles. The Morgan fingerprint density at radius 2 is 0.952 bits per heavy atom. The zero-order valence-corrected chi connectivity index (χ0v) is 22.6. The van der Waals surface area contributed by atoms with Gasteiger partial charge in [-0.1, -0.05) is 0 Å². The highest BCUT2D eigenvalue weighted by Gasteiger charge is 2.28. The predicted octanol–water partition coefficient (Wildman–Crippen LogP) is -7.13. The summed E-state index contributed by atoms with van der Waals surface area (Å²) in [5.41, 5.74) is 20.5. The van der Waals surface area contributed by atoms with Gasteiger partial charge < -0.3 is 59.7 Å². The molecule has 0 unspecified atom stereocenters. The standard InChI is InChI=1S/C22H37N9O11/c23-10(9-32)19(38)27-7-17(36)29-11(1-4-14(24)33)20(39)28-8-18(37)30-12(2-5-15(25)34)21(40)31-13(22(41)42)3-6-16(26)35/h10-13,32H,1-9,23H2,(H2,24,33)(H2,25,34)(H2,26,35)(H,27,38)(H,28,39)(H,29,36)(H,30,37)(H,31,40)(H,41,42)/t10-,11-,12-,13-/m0/s1. The third kappa shape index (κ3) is 16.3. The molecule has 4 atom stereocenters. The van der Waals surface area contributed by atoms with Crippen molar-refractivity contribution in [2.45, 2.75) is 62.7 Å². The lowest BCUT2D eigenvalue weighted by molar-refractivity contribution is -0.142. The molecule has 0 aliphatic rings. The highest BCUT2D eigenvalue weighted by molar-refractivity contribution is 5.94. The van der Waals surface area contributed by atoms with E-state index in [-0.39, 0.29) is 38.5 Å². The molecular formula is C22H37N9O11. The van der Waals surface area contributed by atoms with Gasteiger partial charge in [0, 0.05) is 19.3 Å². The molecule has 20 nitrogen and oxygen atoms in total. The summed E-state index contributed by atoms with van der Waals surface area (Å²) in [4.78, 5) is 106. The second kappa shape index (κ2) is 19.3. The molecule has 0 aliphatic carbocycles. The Morgan fingerprint density at radius 1 is 0.571 bits per heavy atom. The molecular weight excluding hydrogens is 566 g/mol. The highest BCUT2D eigenvalue weighted by Crippen LogP contribution is 2.03. The normalized spacial score (nSPS) is 13.3. The molecule has 0 heterocycles. The average molecular weight is 604 g/mol. The van der Waals surface area contributed by atoms with Crippen LogP contribution in [0.5, 0.6) is 0 Å². The minimum Gasteiger partial charge on any atom is -0.480 e. The van der Waals surface area contributed by atoms with E-state index in [4.69, 9.17) is 28.0 Å². The molecule has 0 aliphatic heterocycles. The van der Waals surface area contributed by atoms with Crippen LogP contribution in [0, 0.1) is 0 Å². The van der Waals surface area contributed by atoms with Gasteiger partial charge in [-0.25, -0.2) is 4.79 Å². The van der Waals surface area contributed by atoms with Gasteiger partial charge in [-0.3, -0.25) is 38.4 Å². The molecule has 0 radical (unpaired) electrons. The van der Waals surface area contributed by atoms with Gasteiger partial charge in [0.15, 0.2) is 0 Å². The SMILES string of the molecule is NC(=O)CC[C@H](NC(=O)[C@H](CCC(N)=O)NC(=O)CNC(=O)[C@H](CCC(N)=O)NC(=O)CNC(=O)[C@@H](N)CO)C(=O)O. The van der Waals surface area contributed by atoms with E-state index in [1.165, 1.54) is 0 Å². The summed E-state index contributed by atoms with van der Waals surface area (Å²) in [6, 6.07) is -5.70. The lowest BCUT2D eigenvalue weighted by Gasteiger charge is -2.22. The molecule has 236 valence electrons. The Labute approximate surface area is 239 Å². The number of primary amides is 3. The summed E-state index contributed by atoms with van der Waals surface area (Å²) < 4.78 is 0. The van der Waals surface area contributed by atoms with Crippen LogP contribution in [0.25, 0.3) is 0 Å². The molecule has 20 heteroatoms. The second-order valence-electron chi connectivity index (χ2n) is 8.88. The van der Waals surface area contributed by atoms with Crippen LogP contribution in [0.4, 0.5) is 0 Å². The van der Waals surface area contributed by atoms with Crippen LogP contribution in [0.15, 0.2) is 0 Å². The van der Waals surface area contributed by atoms with E-state index in [1.807, 2.05) is 0 Å². The molecule has 0 spiro atoms. The minimum atomic E-state index is -1.54. The fraction of sp³-hybridized carbons (Fsp3) is 0.591. The van der Waals surface area contributed by atoms with E-state index >= 15 is 0 Å². The number of carbonyl (C=O) groups excluding carboxylic acids is 8. The van der Waals surface area contributed by atoms with Crippen molar-refractivity contribution in [2.75, 3.05) is 19.7 Å². The number of rotatable bonds is 21. The van der Waals surface area contributed by atoms with Gasteiger partial charge in [-0.05, 0) is 19.3 Å². The fourth-order valence-electron chi connectivity index (χ4n) is 3.09. The van der Waals surface area contributed by atoms with Crippen LogP contribution in [0.1, 0.15) is 38.5 Å². The van der Waals surface area contributed by atoms with Gasteiger partial charge in [0.05, 0.1) is 19.7 Å². The summed E-state index contributed by atoms with van der Waals surface area (Å²) in [7, 11) is 0. The highest BCUT2D eigenvalue weighted by atomic mass is 16.4. The monoisotopic (exact) mass is 603 g/mol. The van der Waals surface area contributed by atoms with Crippen molar-refractivity contribution in [1.29, 1.82) is 0 Å². The van der Waals surface area contributed by atoms with Gasteiger partial charge in [-0.15, -0.1) is 0 Å². The first-order valence-electron chi connectivity index (χ1n) is 12.5. The molecule has 0 rings (SSSR count). The third-order valence-corrected chi connectivity index (χ3v) is 5.34. The number of carboxylic acids is 1. The van der Waals surface area contributed by atoms with Crippen molar-refractivity contribution in [1.82, 2.24) is 26.6 Å². The van der Waals surface area contributed by atoms with Gasteiger partial charge in [0.25, 0.3) is 0 Å². The van der Waals surface area contributed by atoms with E-state index in [2.05, 4.69) is 26.6 Å². The van der Waals surface area contributed by atoms with Gasteiger partial charge >= 0.3 is 5.97 Å². The van der Waals surface area contributed by atoms with Crippen LogP contribution in [0.3, 0.4) is 0 Å². The molecule has 0 bridgehead atoms. The topological polar surface area (TPSA) is 358 Å². The Kier molecular flexibility index (Phi) is 17.0. The fourth-order valence-corrected chi connectivity index (χ4v) is 3.09. The Balaban J connectivity index is 5.31. The zero-order valence-electron chi connectivity index (χ0n) is 22.6. The lowest BCUT2D eigenvalue weighted by atomic mass is 10.1. The number of nitrogens with two attached hydrogens (primary N) is 4. The first kappa shape index (κ1) is 37.1. The Morgan fingerprint density at radius 3 is 1.33 bits per heavy atom. The zero-order chi connectivity index (χ0) is 32.4. The molecule has 0 aromatic carbocycles. The number of carboxylic acid groups (broad SMARTS) is 1. The molecule has 15 N–H and O–H groups in total. The van der Waals surface area contributed by atoms with Crippen molar-refractivity contribution < 1.29 is 53.4 Å². The van der Waals surface area contributed by atoms with Gasteiger partial charge in [-0.2, -0.15) is 0 Å². The summed E-state index contributed by atoms with van der Waals surface area (Å²) >= 11 is 0. The number of aliphatic hydroxyl groups is 1. The number of amides is 8. The smallest absolute Gasteiger partial charge is 0.326 e. The number of carbonyl (C=O) groups is 9. The van der Waals surface area contributed by atoms with Gasteiger partial charge in [0.2, 0.25) is 47.3 Å². The van der Waals surface area contributed by atoms with E-state index in [0.29, 0.717) is 0 Å². The largest absolute Gasteiger partial charge is 0.480 e. The van der Waals surface area contributed by atoms with E-state index in [9.17, 15) is 48.3 Å². The molecule has 42 heavy (non-hydrogen) atoms. The van der Waals surface area contributed by atoms with Crippen LogP contribution >= 0.6 is 0 Å². The number of aliphatic hydroxyl groups excluding tert-OH is 1. The Bertz CT molecular complexity index is 1040. The Hall–Kier alpha value is -4.85. The molecule has 0 saturated heterocycles. The lowest BCUT2D eigenvalue weighted by Crippen LogP contribution is -2.55. The number of aliphatic carboxylic acids is 1. The van der Waals surface area contributed by atoms with Gasteiger partial charge in [0.1, 0.15) is 24.2 Å². The maximum Gasteiger partial charge on any atom is 0.326 e. The van der Waals surface area contributed by atoms with Crippen molar-refractivity contribution >= 4 is 53.2 Å². The number of hydrogen-bond acceptors (Lipinski definition) is 11. The number of nitrogens with one attached hydrogen (secondary N) is 5.